The predicted molar refractivity (Wildman–Crippen MR) is 78.1 cm³/mol. The molecule has 2 unspecified atom stereocenters. The number of carbonyl (C=O) groups excluding carboxylic acids is 1. The van der Waals surface area contributed by atoms with Gasteiger partial charge in [-0.15, -0.1) is 11.8 Å². The van der Waals surface area contributed by atoms with Gasteiger partial charge < -0.3 is 10.4 Å². The van der Waals surface area contributed by atoms with Crippen LogP contribution in [-0.4, -0.2) is 34.3 Å². The van der Waals surface area contributed by atoms with Crippen LogP contribution >= 0.6 is 11.8 Å². The molecule has 0 aromatic heterocycles. The minimum Gasteiger partial charge on any atom is -0.393 e. The fourth-order valence-corrected chi connectivity index (χ4v) is 2.30. The van der Waals surface area contributed by atoms with Gasteiger partial charge in [-0.3, -0.25) is 14.9 Å². The molecule has 1 amide bonds. The molecule has 1 aromatic rings. The Morgan fingerprint density at radius 3 is 2.65 bits per heavy atom. The molecule has 0 saturated carbocycles. The van der Waals surface area contributed by atoms with Gasteiger partial charge in [0.05, 0.1) is 11.0 Å². The lowest BCUT2D eigenvalue weighted by atomic mass is 10.1. The lowest BCUT2D eigenvalue weighted by molar-refractivity contribution is -0.385. The van der Waals surface area contributed by atoms with Gasteiger partial charge in [0.2, 0.25) is 0 Å². The van der Waals surface area contributed by atoms with Crippen molar-refractivity contribution in [1.29, 1.82) is 0 Å². The number of hydrogen-bond acceptors (Lipinski definition) is 5. The van der Waals surface area contributed by atoms with Gasteiger partial charge in [0.15, 0.2) is 0 Å². The first kappa shape index (κ1) is 16.5. The highest BCUT2D eigenvalue weighted by Crippen LogP contribution is 2.24. The Labute approximate surface area is 121 Å². The lowest BCUT2D eigenvalue weighted by Crippen LogP contribution is -2.35. The zero-order valence-corrected chi connectivity index (χ0v) is 12.4. The minimum absolute atomic E-state index is 0.0410. The van der Waals surface area contributed by atoms with Crippen molar-refractivity contribution in [2.24, 2.45) is 0 Å². The van der Waals surface area contributed by atoms with Crippen molar-refractivity contribution in [3.05, 3.63) is 33.9 Å². The smallest absolute Gasteiger partial charge is 0.282 e. The molecular weight excluding hydrogens is 280 g/mol. The van der Waals surface area contributed by atoms with Gasteiger partial charge in [0, 0.05) is 17.0 Å². The lowest BCUT2D eigenvalue weighted by Gasteiger charge is -2.15. The van der Waals surface area contributed by atoms with E-state index in [0.717, 1.165) is 4.90 Å². The molecule has 2 atom stereocenters. The number of hydrogen-bond donors (Lipinski definition) is 2. The van der Waals surface area contributed by atoms with E-state index in [1.54, 1.807) is 19.9 Å². The molecule has 0 spiro atoms. The normalized spacial score (nSPS) is 13.6. The quantitative estimate of drug-likeness (QED) is 0.477. The summed E-state index contributed by atoms with van der Waals surface area (Å²) < 4.78 is 0. The van der Waals surface area contributed by atoms with Crippen LogP contribution in [0.15, 0.2) is 23.1 Å². The topological polar surface area (TPSA) is 92.5 Å². The number of nitrogens with zero attached hydrogens (tertiary/aromatic N) is 1. The third-order valence-electron chi connectivity index (χ3n) is 2.72. The fraction of sp³-hybridized carbons (Fsp3) is 0.462. The van der Waals surface area contributed by atoms with Crippen molar-refractivity contribution < 1.29 is 14.8 Å². The first-order valence-electron chi connectivity index (χ1n) is 6.16. The summed E-state index contributed by atoms with van der Waals surface area (Å²) in [5.74, 6) is -0.499. The summed E-state index contributed by atoms with van der Waals surface area (Å²) in [6.07, 6.45) is 1.68. The Morgan fingerprint density at radius 2 is 2.15 bits per heavy atom. The van der Waals surface area contributed by atoms with E-state index in [1.165, 1.54) is 23.9 Å². The summed E-state index contributed by atoms with van der Waals surface area (Å²) in [5, 5.41) is 22.9. The van der Waals surface area contributed by atoms with Crippen LogP contribution in [0.5, 0.6) is 0 Å². The highest BCUT2D eigenvalue weighted by Gasteiger charge is 2.22. The number of aliphatic hydroxyl groups is 1. The highest BCUT2D eigenvalue weighted by atomic mass is 32.2. The zero-order chi connectivity index (χ0) is 15.3. The van der Waals surface area contributed by atoms with Gasteiger partial charge in [-0.2, -0.15) is 0 Å². The first-order valence-corrected chi connectivity index (χ1v) is 7.39. The molecule has 0 heterocycles. The largest absolute Gasteiger partial charge is 0.393 e. The van der Waals surface area contributed by atoms with Crippen LogP contribution in [0.25, 0.3) is 0 Å². The maximum absolute atomic E-state index is 12.1. The van der Waals surface area contributed by atoms with E-state index in [-0.39, 0.29) is 17.3 Å². The molecule has 7 heteroatoms. The third kappa shape index (κ3) is 4.50. The van der Waals surface area contributed by atoms with Crippen LogP contribution < -0.4 is 5.32 Å². The molecule has 110 valence electrons. The van der Waals surface area contributed by atoms with E-state index in [1.807, 2.05) is 6.26 Å². The summed E-state index contributed by atoms with van der Waals surface area (Å²) in [7, 11) is 0. The molecule has 0 bridgehead atoms. The minimum atomic E-state index is -0.571. The molecule has 0 fully saturated rings. The summed E-state index contributed by atoms with van der Waals surface area (Å²) in [6.45, 7) is 3.37. The van der Waals surface area contributed by atoms with E-state index in [9.17, 15) is 20.0 Å². The number of nitro benzene ring substituents is 1. The Hall–Kier alpha value is -1.60. The maximum Gasteiger partial charge on any atom is 0.282 e. The Morgan fingerprint density at radius 1 is 1.50 bits per heavy atom. The van der Waals surface area contributed by atoms with E-state index >= 15 is 0 Å². The van der Waals surface area contributed by atoms with Crippen molar-refractivity contribution in [2.75, 3.05) is 6.26 Å². The number of nitro groups is 1. The van der Waals surface area contributed by atoms with E-state index < -0.39 is 16.9 Å². The van der Waals surface area contributed by atoms with Gasteiger partial charge in [0.25, 0.3) is 11.6 Å². The number of benzene rings is 1. The van der Waals surface area contributed by atoms with Gasteiger partial charge in [-0.05, 0) is 38.7 Å². The molecule has 0 saturated heterocycles. The molecule has 0 aliphatic rings. The number of thioether (sulfide) groups is 1. The van der Waals surface area contributed by atoms with Crippen LogP contribution in [0.2, 0.25) is 0 Å². The molecular formula is C13H18N2O4S. The molecule has 2 N–H and O–H groups in total. The van der Waals surface area contributed by atoms with Crippen LogP contribution in [-0.2, 0) is 0 Å². The first-order chi connectivity index (χ1) is 9.35. The van der Waals surface area contributed by atoms with Gasteiger partial charge in [0.1, 0.15) is 5.56 Å². The molecule has 1 rings (SSSR count). The van der Waals surface area contributed by atoms with E-state index in [0.29, 0.717) is 6.42 Å². The van der Waals surface area contributed by atoms with E-state index in [2.05, 4.69) is 5.32 Å². The molecule has 1 aromatic carbocycles. The number of amides is 1. The summed E-state index contributed by atoms with van der Waals surface area (Å²) in [6, 6.07) is 4.19. The van der Waals surface area contributed by atoms with Gasteiger partial charge >= 0.3 is 0 Å². The maximum atomic E-state index is 12.1. The summed E-state index contributed by atoms with van der Waals surface area (Å²) >= 11 is 1.41. The third-order valence-corrected chi connectivity index (χ3v) is 3.44. The Kier molecular flexibility index (Phi) is 5.97. The van der Waals surface area contributed by atoms with Crippen molar-refractivity contribution in [2.45, 2.75) is 37.3 Å². The summed E-state index contributed by atoms with van der Waals surface area (Å²) in [5.41, 5.74) is -0.177. The number of rotatable bonds is 6. The van der Waals surface area contributed by atoms with Crippen molar-refractivity contribution >= 4 is 23.4 Å². The average molecular weight is 298 g/mol. The van der Waals surface area contributed by atoms with Crippen molar-refractivity contribution in [3.8, 4) is 0 Å². The SMILES string of the molecule is CSc1ccc([N+](=O)[O-])c(C(=O)NC(C)CC(C)O)c1. The van der Waals surface area contributed by atoms with Crippen LogP contribution in [0, 0.1) is 10.1 Å². The second kappa shape index (κ2) is 7.25. The van der Waals surface area contributed by atoms with Crippen molar-refractivity contribution in [1.82, 2.24) is 5.32 Å². The molecule has 0 aliphatic heterocycles. The molecule has 0 aliphatic carbocycles. The van der Waals surface area contributed by atoms with Crippen LogP contribution in [0.1, 0.15) is 30.6 Å². The predicted octanol–water partition coefficient (Wildman–Crippen LogP) is 2.21. The Bertz CT molecular complexity index is 505. The van der Waals surface area contributed by atoms with E-state index in [4.69, 9.17) is 0 Å². The number of nitrogens with one attached hydrogen (secondary N) is 1. The average Bonchev–Trinajstić information content (AvgIpc) is 2.36. The fourth-order valence-electron chi connectivity index (χ4n) is 1.86. The van der Waals surface area contributed by atoms with Gasteiger partial charge in [-0.1, -0.05) is 0 Å². The Balaban J connectivity index is 2.98. The van der Waals surface area contributed by atoms with Crippen molar-refractivity contribution in [3.63, 3.8) is 0 Å². The van der Waals surface area contributed by atoms with Crippen LogP contribution in [0.3, 0.4) is 0 Å². The standard InChI is InChI=1S/C13H18N2O4S/c1-8(6-9(2)16)14-13(17)11-7-10(20-3)4-5-12(11)15(18)19/h4-5,7-9,16H,6H2,1-3H3,(H,14,17). The number of aliphatic hydroxyl groups excluding tert-OH is 1. The second-order valence-electron chi connectivity index (χ2n) is 4.60. The molecule has 6 nitrogen and oxygen atoms in total. The number of carbonyl (C=O) groups is 1. The van der Waals surface area contributed by atoms with Gasteiger partial charge in [-0.25, -0.2) is 0 Å². The zero-order valence-electron chi connectivity index (χ0n) is 11.6. The highest BCUT2D eigenvalue weighted by molar-refractivity contribution is 7.98. The summed E-state index contributed by atoms with van der Waals surface area (Å²) in [4.78, 5) is 23.3. The monoisotopic (exact) mass is 298 g/mol. The molecule has 0 radical (unpaired) electrons. The molecule has 20 heavy (non-hydrogen) atoms. The van der Waals surface area contributed by atoms with Crippen LogP contribution in [0.4, 0.5) is 5.69 Å². The second-order valence-corrected chi connectivity index (χ2v) is 5.48.